The number of para-hydroxylation sites is 2. The van der Waals surface area contributed by atoms with Gasteiger partial charge >= 0.3 is 6.18 Å². The summed E-state index contributed by atoms with van der Waals surface area (Å²) in [4.78, 5) is 12.3. The highest BCUT2D eigenvalue weighted by atomic mass is 32.2. The molecular formula is C19H21F3N2O4S. The van der Waals surface area contributed by atoms with Gasteiger partial charge in [-0.05, 0) is 30.7 Å². The molecule has 0 aromatic heterocycles. The van der Waals surface area contributed by atoms with Gasteiger partial charge in [-0.2, -0.15) is 13.2 Å². The van der Waals surface area contributed by atoms with Crippen LogP contribution in [0, 0.1) is 0 Å². The maximum Gasteiger partial charge on any atom is 0.419 e. The highest BCUT2D eigenvalue weighted by molar-refractivity contribution is 7.92. The smallest absolute Gasteiger partial charge is 0.419 e. The van der Waals surface area contributed by atoms with Crippen LogP contribution in [0.1, 0.15) is 18.1 Å². The molecule has 1 unspecified atom stereocenters. The average Bonchev–Trinajstić information content (AvgIpc) is 2.60. The van der Waals surface area contributed by atoms with Crippen molar-refractivity contribution in [2.75, 3.05) is 17.6 Å². The number of sulfonamides is 1. The number of carbonyl (C=O) groups is 1. The molecule has 10 heteroatoms. The van der Waals surface area contributed by atoms with E-state index >= 15 is 0 Å². The minimum atomic E-state index is -4.54. The molecule has 1 amide bonds. The highest BCUT2D eigenvalue weighted by Gasteiger charge is 2.34. The van der Waals surface area contributed by atoms with Gasteiger partial charge in [0, 0.05) is 0 Å². The monoisotopic (exact) mass is 430 g/mol. The lowest BCUT2D eigenvalue weighted by atomic mass is 10.1. The second-order valence-corrected chi connectivity index (χ2v) is 8.23. The number of hydrogen-bond donors (Lipinski definition) is 2. The molecule has 158 valence electrons. The van der Waals surface area contributed by atoms with Crippen LogP contribution in [0.15, 0.2) is 48.5 Å². The summed E-state index contributed by atoms with van der Waals surface area (Å²) >= 11 is 0. The lowest BCUT2D eigenvalue weighted by Gasteiger charge is -2.18. The van der Waals surface area contributed by atoms with Crippen molar-refractivity contribution in [2.45, 2.75) is 25.6 Å². The van der Waals surface area contributed by atoms with E-state index in [2.05, 4.69) is 10.0 Å². The number of carbonyl (C=O) groups excluding carboxylic acids is 1. The molecule has 0 heterocycles. The standard InChI is InChI=1S/C19H21F3N2O4S/c1-13(12-28-17-10-6-4-8-15(17)19(20,21)22)23-18(25)11-14-7-3-5-9-16(14)24-29(2,26)27/h3-10,13,24H,11-12H2,1-2H3,(H,23,25). The molecule has 0 saturated heterocycles. The Morgan fingerprint density at radius 2 is 1.72 bits per heavy atom. The summed E-state index contributed by atoms with van der Waals surface area (Å²) in [6, 6.07) is 10.7. The molecule has 2 aromatic carbocycles. The Balaban J connectivity index is 1.96. The average molecular weight is 430 g/mol. The Kier molecular flexibility index (Phi) is 7.12. The van der Waals surface area contributed by atoms with Crippen molar-refractivity contribution in [3.05, 3.63) is 59.7 Å². The van der Waals surface area contributed by atoms with Gasteiger partial charge in [-0.15, -0.1) is 0 Å². The van der Waals surface area contributed by atoms with Gasteiger partial charge in [-0.25, -0.2) is 8.42 Å². The summed E-state index contributed by atoms with van der Waals surface area (Å²) in [5.74, 6) is -0.739. The number of hydrogen-bond acceptors (Lipinski definition) is 4. The first kappa shape index (κ1) is 22.5. The number of nitrogens with one attached hydrogen (secondary N) is 2. The van der Waals surface area contributed by atoms with Gasteiger partial charge in [0.05, 0.1) is 30.0 Å². The Morgan fingerprint density at radius 1 is 1.10 bits per heavy atom. The third kappa shape index (κ3) is 7.30. The van der Waals surface area contributed by atoms with E-state index in [4.69, 9.17) is 4.74 Å². The first-order valence-corrected chi connectivity index (χ1v) is 10.5. The number of rotatable bonds is 8. The summed E-state index contributed by atoms with van der Waals surface area (Å²) in [5.41, 5.74) is -0.140. The van der Waals surface area contributed by atoms with Crippen LogP contribution in [0.4, 0.5) is 18.9 Å². The molecule has 0 radical (unpaired) electrons. The number of ether oxygens (including phenoxy) is 1. The maximum atomic E-state index is 13.0. The van der Waals surface area contributed by atoms with Crippen LogP contribution in [-0.2, 0) is 27.4 Å². The molecule has 2 rings (SSSR count). The lowest BCUT2D eigenvalue weighted by Crippen LogP contribution is -2.38. The molecule has 2 N–H and O–H groups in total. The zero-order valence-electron chi connectivity index (χ0n) is 15.8. The van der Waals surface area contributed by atoms with Crippen LogP contribution in [-0.4, -0.2) is 33.2 Å². The molecule has 0 aliphatic rings. The first-order valence-electron chi connectivity index (χ1n) is 8.60. The van der Waals surface area contributed by atoms with Crippen LogP contribution in [0.5, 0.6) is 5.75 Å². The fourth-order valence-corrected chi connectivity index (χ4v) is 3.15. The zero-order valence-corrected chi connectivity index (χ0v) is 16.6. The molecule has 29 heavy (non-hydrogen) atoms. The topological polar surface area (TPSA) is 84.5 Å². The van der Waals surface area contributed by atoms with Crippen LogP contribution in [0.25, 0.3) is 0 Å². The molecule has 6 nitrogen and oxygen atoms in total. The minimum absolute atomic E-state index is 0.109. The normalized spacial score (nSPS) is 12.9. The fraction of sp³-hybridized carbons (Fsp3) is 0.316. The predicted molar refractivity (Wildman–Crippen MR) is 103 cm³/mol. The van der Waals surface area contributed by atoms with Gasteiger partial charge in [0.2, 0.25) is 15.9 Å². The molecule has 2 aromatic rings. The number of halogens is 3. The molecule has 0 fully saturated rings. The Labute approximate surface area is 167 Å². The van der Waals surface area contributed by atoms with E-state index in [0.717, 1.165) is 12.3 Å². The number of benzene rings is 2. The lowest BCUT2D eigenvalue weighted by molar-refractivity contribution is -0.139. The number of amides is 1. The summed E-state index contributed by atoms with van der Waals surface area (Å²) in [7, 11) is -3.51. The molecule has 0 spiro atoms. The third-order valence-electron chi connectivity index (χ3n) is 3.75. The van der Waals surface area contributed by atoms with Crippen molar-refractivity contribution in [1.29, 1.82) is 0 Å². The van der Waals surface area contributed by atoms with Crippen LogP contribution < -0.4 is 14.8 Å². The maximum absolute atomic E-state index is 13.0. The van der Waals surface area contributed by atoms with Crippen molar-refractivity contribution in [1.82, 2.24) is 5.32 Å². The van der Waals surface area contributed by atoms with Gasteiger partial charge in [0.25, 0.3) is 0 Å². The SMILES string of the molecule is CC(COc1ccccc1C(F)(F)F)NC(=O)Cc1ccccc1NS(C)(=O)=O. The second-order valence-electron chi connectivity index (χ2n) is 6.48. The van der Waals surface area contributed by atoms with E-state index in [1.165, 1.54) is 24.3 Å². The molecule has 1 atom stereocenters. The van der Waals surface area contributed by atoms with E-state index in [9.17, 15) is 26.4 Å². The first-order chi connectivity index (χ1) is 13.5. The van der Waals surface area contributed by atoms with Crippen molar-refractivity contribution in [3.8, 4) is 5.75 Å². The van der Waals surface area contributed by atoms with E-state index in [1.54, 1.807) is 25.1 Å². The molecule has 0 bridgehead atoms. The highest BCUT2D eigenvalue weighted by Crippen LogP contribution is 2.35. The summed E-state index contributed by atoms with van der Waals surface area (Å²) in [6.45, 7) is 1.43. The Morgan fingerprint density at radius 3 is 2.38 bits per heavy atom. The Hall–Kier alpha value is -2.75. The van der Waals surface area contributed by atoms with Crippen molar-refractivity contribution >= 4 is 21.6 Å². The summed E-state index contributed by atoms with van der Waals surface area (Å²) in [5, 5.41) is 2.62. The van der Waals surface area contributed by atoms with Gasteiger partial charge in [0.1, 0.15) is 12.4 Å². The largest absolute Gasteiger partial charge is 0.491 e. The molecule has 0 aliphatic heterocycles. The van der Waals surface area contributed by atoms with Crippen molar-refractivity contribution in [3.63, 3.8) is 0 Å². The number of alkyl halides is 3. The second kappa shape index (κ2) is 9.17. The van der Waals surface area contributed by atoms with Gasteiger partial charge in [-0.1, -0.05) is 30.3 Å². The molecule has 0 saturated carbocycles. The van der Waals surface area contributed by atoms with Crippen LogP contribution in [0.3, 0.4) is 0 Å². The van der Waals surface area contributed by atoms with Gasteiger partial charge < -0.3 is 10.1 Å². The fourth-order valence-electron chi connectivity index (χ4n) is 2.56. The van der Waals surface area contributed by atoms with E-state index in [-0.39, 0.29) is 24.5 Å². The van der Waals surface area contributed by atoms with E-state index in [0.29, 0.717) is 5.56 Å². The van der Waals surface area contributed by atoms with Crippen molar-refractivity contribution in [2.24, 2.45) is 0 Å². The van der Waals surface area contributed by atoms with Crippen LogP contribution in [0.2, 0.25) is 0 Å². The minimum Gasteiger partial charge on any atom is -0.491 e. The molecular weight excluding hydrogens is 409 g/mol. The zero-order chi connectivity index (χ0) is 21.7. The quantitative estimate of drug-likeness (QED) is 0.674. The van der Waals surface area contributed by atoms with Gasteiger partial charge in [0.15, 0.2) is 0 Å². The third-order valence-corrected chi connectivity index (χ3v) is 4.34. The van der Waals surface area contributed by atoms with Gasteiger partial charge in [-0.3, -0.25) is 9.52 Å². The Bertz CT molecular complexity index is 962. The molecule has 0 aliphatic carbocycles. The van der Waals surface area contributed by atoms with Crippen molar-refractivity contribution < 1.29 is 31.1 Å². The summed E-state index contributed by atoms with van der Waals surface area (Å²) in [6.07, 6.45) is -3.65. The van der Waals surface area contributed by atoms with Crippen LogP contribution >= 0.6 is 0 Å². The summed E-state index contributed by atoms with van der Waals surface area (Å²) < 4.78 is 69.4. The van der Waals surface area contributed by atoms with E-state index < -0.39 is 33.7 Å². The number of anilines is 1. The predicted octanol–water partition coefficient (Wildman–Crippen LogP) is 3.20. The van der Waals surface area contributed by atoms with E-state index in [1.807, 2.05) is 0 Å².